The average molecular weight is 263 g/mol. The van der Waals surface area contributed by atoms with Crippen LogP contribution in [0.4, 0.5) is 0 Å². The monoisotopic (exact) mass is 262 g/mol. The molecule has 0 radical (unpaired) electrons. The molecule has 0 saturated carbocycles. The summed E-state index contributed by atoms with van der Waals surface area (Å²) in [5, 5.41) is 0.526. The van der Waals surface area contributed by atoms with E-state index in [0.717, 1.165) is 0 Å². The Morgan fingerprint density at radius 2 is 2.12 bits per heavy atom. The lowest BCUT2D eigenvalue weighted by atomic mass is 10.2. The molecule has 3 N–H and O–H groups in total. The molecule has 0 aliphatic heterocycles. The van der Waals surface area contributed by atoms with Gasteiger partial charge in [-0.2, -0.15) is 0 Å². The van der Waals surface area contributed by atoms with Crippen molar-refractivity contribution in [1.82, 2.24) is 4.72 Å². The first kappa shape index (κ1) is 13.4. The molecule has 1 aromatic rings. The first-order valence-corrected chi connectivity index (χ1v) is 6.79. The smallest absolute Gasteiger partial charge is 0.240 e. The Balaban J connectivity index is 2.90. The summed E-state index contributed by atoms with van der Waals surface area (Å²) in [7, 11) is -3.44. The zero-order valence-electron chi connectivity index (χ0n) is 9.03. The number of hydrogen-bond donors (Lipinski definition) is 2. The van der Waals surface area contributed by atoms with E-state index in [2.05, 4.69) is 4.72 Å². The van der Waals surface area contributed by atoms with E-state index in [0.29, 0.717) is 30.1 Å². The van der Waals surface area contributed by atoms with Gasteiger partial charge in [0.2, 0.25) is 10.0 Å². The summed E-state index contributed by atoms with van der Waals surface area (Å²) in [6.45, 7) is 2.52. The maximum Gasteiger partial charge on any atom is 0.240 e. The van der Waals surface area contributed by atoms with Crippen LogP contribution in [0.3, 0.4) is 0 Å². The van der Waals surface area contributed by atoms with Crippen LogP contribution in [0.15, 0.2) is 23.1 Å². The Labute approximate surface area is 101 Å². The van der Waals surface area contributed by atoms with Gasteiger partial charge in [0.1, 0.15) is 0 Å². The van der Waals surface area contributed by atoms with Crippen molar-refractivity contribution in [3.05, 3.63) is 28.8 Å². The second-order valence-corrected chi connectivity index (χ2v) is 5.62. The maximum atomic E-state index is 11.8. The van der Waals surface area contributed by atoms with Crippen LogP contribution < -0.4 is 10.5 Å². The number of nitrogens with two attached hydrogens (primary N) is 1. The van der Waals surface area contributed by atoms with Gasteiger partial charge in [-0.15, -0.1) is 0 Å². The van der Waals surface area contributed by atoms with E-state index in [4.69, 9.17) is 17.3 Å². The summed E-state index contributed by atoms with van der Waals surface area (Å²) in [6.07, 6.45) is 0.617. The minimum absolute atomic E-state index is 0.258. The molecule has 0 saturated heterocycles. The molecule has 0 aliphatic carbocycles. The molecule has 0 aliphatic rings. The predicted molar refractivity (Wildman–Crippen MR) is 65.0 cm³/mol. The van der Waals surface area contributed by atoms with Gasteiger partial charge in [0.25, 0.3) is 0 Å². The molecule has 0 amide bonds. The Hall–Kier alpha value is -0.620. The van der Waals surface area contributed by atoms with Gasteiger partial charge >= 0.3 is 0 Å². The normalized spacial score (nSPS) is 11.7. The van der Waals surface area contributed by atoms with Crippen LogP contribution in [0.25, 0.3) is 0 Å². The van der Waals surface area contributed by atoms with E-state index >= 15 is 0 Å². The molecule has 0 aromatic heterocycles. The third-order valence-electron chi connectivity index (χ3n) is 2.10. The fourth-order valence-electron chi connectivity index (χ4n) is 1.30. The second kappa shape index (κ2) is 5.63. The third kappa shape index (κ3) is 3.45. The zero-order valence-corrected chi connectivity index (χ0v) is 10.6. The minimum atomic E-state index is -3.44. The molecule has 0 spiro atoms. The highest BCUT2D eigenvalue weighted by Crippen LogP contribution is 2.19. The van der Waals surface area contributed by atoms with Crippen LogP contribution >= 0.6 is 11.6 Å². The molecular weight excluding hydrogens is 248 g/mol. The lowest BCUT2D eigenvalue weighted by Crippen LogP contribution is -2.26. The zero-order chi connectivity index (χ0) is 12.2. The second-order valence-electron chi connectivity index (χ2n) is 3.45. The molecular formula is C10H15ClN2O2S. The summed E-state index contributed by atoms with van der Waals surface area (Å²) >= 11 is 5.76. The fraction of sp³-hybridized carbons (Fsp3) is 0.400. The quantitative estimate of drug-likeness (QED) is 0.785. The van der Waals surface area contributed by atoms with Gasteiger partial charge in [-0.1, -0.05) is 11.6 Å². The molecule has 1 aromatic carbocycles. The van der Waals surface area contributed by atoms with Crippen LogP contribution in [0.1, 0.15) is 12.0 Å². The molecule has 90 valence electrons. The molecule has 16 heavy (non-hydrogen) atoms. The standard InChI is InChI=1S/C10H15ClN2O2S/c1-8-7-9(11)3-4-10(8)16(14,15)13-6-2-5-12/h3-4,7,13H,2,5-6,12H2,1H3. The van der Waals surface area contributed by atoms with Crippen molar-refractivity contribution in [3.63, 3.8) is 0 Å². The Morgan fingerprint density at radius 1 is 1.44 bits per heavy atom. The van der Waals surface area contributed by atoms with Gasteiger partial charge in [0.15, 0.2) is 0 Å². The molecule has 0 bridgehead atoms. The highest BCUT2D eigenvalue weighted by Gasteiger charge is 2.15. The SMILES string of the molecule is Cc1cc(Cl)ccc1S(=O)(=O)NCCCN. The molecule has 1 rings (SSSR count). The molecule has 4 nitrogen and oxygen atoms in total. The van der Waals surface area contributed by atoms with Crippen LogP contribution in [0, 0.1) is 6.92 Å². The Morgan fingerprint density at radius 3 is 2.69 bits per heavy atom. The van der Waals surface area contributed by atoms with Crippen molar-refractivity contribution in [1.29, 1.82) is 0 Å². The summed E-state index contributed by atoms with van der Waals surface area (Å²) in [4.78, 5) is 0.258. The summed E-state index contributed by atoms with van der Waals surface area (Å²) in [6, 6.07) is 4.69. The number of nitrogens with one attached hydrogen (secondary N) is 1. The molecule has 6 heteroatoms. The van der Waals surface area contributed by atoms with Crippen LogP contribution in [-0.4, -0.2) is 21.5 Å². The van der Waals surface area contributed by atoms with Crippen molar-refractivity contribution in [2.45, 2.75) is 18.2 Å². The van der Waals surface area contributed by atoms with Crippen molar-refractivity contribution < 1.29 is 8.42 Å². The highest BCUT2D eigenvalue weighted by atomic mass is 35.5. The van der Waals surface area contributed by atoms with Gasteiger partial charge in [-0.05, 0) is 43.7 Å². The number of sulfonamides is 1. The molecule has 0 unspecified atom stereocenters. The number of hydrogen-bond acceptors (Lipinski definition) is 3. The lowest BCUT2D eigenvalue weighted by Gasteiger charge is -2.08. The first-order valence-electron chi connectivity index (χ1n) is 4.93. The van der Waals surface area contributed by atoms with E-state index in [1.165, 1.54) is 6.07 Å². The average Bonchev–Trinajstić information content (AvgIpc) is 2.17. The Kier molecular flexibility index (Phi) is 4.73. The van der Waals surface area contributed by atoms with Gasteiger partial charge < -0.3 is 5.73 Å². The number of halogens is 1. The largest absolute Gasteiger partial charge is 0.330 e. The van der Waals surface area contributed by atoms with Crippen molar-refractivity contribution in [3.8, 4) is 0 Å². The number of rotatable bonds is 5. The Bertz CT molecular complexity index is 460. The van der Waals surface area contributed by atoms with Crippen molar-refractivity contribution in [2.24, 2.45) is 5.73 Å². The van der Waals surface area contributed by atoms with E-state index in [1.54, 1.807) is 19.1 Å². The highest BCUT2D eigenvalue weighted by molar-refractivity contribution is 7.89. The number of benzene rings is 1. The van der Waals surface area contributed by atoms with Gasteiger partial charge in [0.05, 0.1) is 4.90 Å². The van der Waals surface area contributed by atoms with E-state index in [1.807, 2.05) is 0 Å². The molecule has 0 fully saturated rings. The topological polar surface area (TPSA) is 72.2 Å². The van der Waals surface area contributed by atoms with E-state index in [9.17, 15) is 8.42 Å². The molecule has 0 heterocycles. The van der Waals surface area contributed by atoms with Gasteiger partial charge in [-0.25, -0.2) is 13.1 Å². The van der Waals surface area contributed by atoms with E-state index in [-0.39, 0.29) is 4.90 Å². The van der Waals surface area contributed by atoms with Crippen LogP contribution in [-0.2, 0) is 10.0 Å². The summed E-state index contributed by atoms with van der Waals surface area (Å²) in [5.41, 5.74) is 5.93. The maximum absolute atomic E-state index is 11.8. The van der Waals surface area contributed by atoms with E-state index < -0.39 is 10.0 Å². The first-order chi connectivity index (χ1) is 7.47. The molecule has 0 atom stereocenters. The minimum Gasteiger partial charge on any atom is -0.330 e. The van der Waals surface area contributed by atoms with Crippen LogP contribution in [0.2, 0.25) is 5.02 Å². The third-order valence-corrected chi connectivity index (χ3v) is 3.96. The number of aryl methyl sites for hydroxylation is 1. The predicted octanol–water partition coefficient (Wildman–Crippen LogP) is 1.28. The fourth-order valence-corrected chi connectivity index (χ4v) is 2.83. The lowest BCUT2D eigenvalue weighted by molar-refractivity contribution is 0.579. The van der Waals surface area contributed by atoms with Crippen LogP contribution in [0.5, 0.6) is 0 Å². The van der Waals surface area contributed by atoms with Gasteiger partial charge in [-0.3, -0.25) is 0 Å². The van der Waals surface area contributed by atoms with Gasteiger partial charge in [0, 0.05) is 11.6 Å². The summed E-state index contributed by atoms with van der Waals surface area (Å²) in [5.74, 6) is 0. The summed E-state index contributed by atoms with van der Waals surface area (Å²) < 4.78 is 26.2. The van der Waals surface area contributed by atoms with Crippen molar-refractivity contribution >= 4 is 21.6 Å². The van der Waals surface area contributed by atoms with Crippen molar-refractivity contribution in [2.75, 3.05) is 13.1 Å².